The lowest BCUT2D eigenvalue weighted by Gasteiger charge is -2.30. The minimum atomic E-state index is -0.994. The molecule has 0 N–H and O–H groups in total. The molecule has 1 heterocycles. The fraction of sp³-hybridized carbons (Fsp3) is 0.400. The van der Waals surface area contributed by atoms with Gasteiger partial charge in [-0.1, -0.05) is 37.6 Å². The second-order valence-corrected chi connectivity index (χ2v) is 9.75. The van der Waals surface area contributed by atoms with Gasteiger partial charge in [-0.05, 0) is 72.7 Å². The number of hydrogen-bond acceptors (Lipinski definition) is 3. The first kappa shape index (κ1) is 21.5. The topological polar surface area (TPSA) is 37.4 Å². The highest BCUT2D eigenvalue weighted by atomic mass is 32.2. The Morgan fingerprint density at radius 3 is 2.52 bits per heavy atom. The molecule has 1 aliphatic rings. The molecular weight excluding hydrogens is 378 g/mol. The van der Waals surface area contributed by atoms with Crippen molar-refractivity contribution in [2.45, 2.75) is 44.9 Å². The van der Waals surface area contributed by atoms with E-state index < -0.39 is 10.8 Å². The first-order valence-electron chi connectivity index (χ1n) is 10.3. The van der Waals surface area contributed by atoms with E-state index in [9.17, 15) is 9.00 Å². The van der Waals surface area contributed by atoms with Crippen LogP contribution in [-0.2, 0) is 22.0 Å². The van der Waals surface area contributed by atoms with Crippen molar-refractivity contribution in [3.63, 3.8) is 0 Å². The number of anilines is 1. The summed E-state index contributed by atoms with van der Waals surface area (Å²) in [6.45, 7) is 8.59. The Bertz CT molecular complexity index is 928. The summed E-state index contributed by atoms with van der Waals surface area (Å²) in [6, 6.07) is 14.1. The molecule has 2 aromatic carbocycles. The Balaban J connectivity index is 1.87. The highest BCUT2D eigenvalue weighted by molar-refractivity contribution is 7.84. The molecule has 0 spiro atoms. The second-order valence-electron chi connectivity index (χ2n) is 8.37. The van der Waals surface area contributed by atoms with Crippen LogP contribution in [0, 0.1) is 12.8 Å². The first-order valence-corrected chi connectivity index (χ1v) is 11.9. The molecule has 3 rings (SSSR count). The van der Waals surface area contributed by atoms with Gasteiger partial charge in [-0.15, -0.1) is 0 Å². The Kier molecular flexibility index (Phi) is 7.07. The van der Waals surface area contributed by atoms with E-state index in [2.05, 4.69) is 49.9 Å². The monoisotopic (exact) mass is 409 g/mol. The summed E-state index contributed by atoms with van der Waals surface area (Å²) < 4.78 is 11.6. The predicted octanol–water partition coefficient (Wildman–Crippen LogP) is 5.18. The average Bonchev–Trinajstić information content (AvgIpc) is 2.65. The number of aryl methyl sites for hydroxylation is 1. The zero-order valence-corrected chi connectivity index (χ0v) is 18.7. The van der Waals surface area contributed by atoms with Crippen LogP contribution in [0.5, 0.6) is 0 Å². The molecule has 29 heavy (non-hydrogen) atoms. The first-order chi connectivity index (χ1) is 13.8. The number of carbonyl (C=O) groups is 1. The van der Waals surface area contributed by atoms with Crippen molar-refractivity contribution in [1.29, 1.82) is 0 Å². The molecule has 154 valence electrons. The number of fused-ring (bicyclic) bond motifs is 1. The quantitative estimate of drug-likeness (QED) is 0.659. The zero-order chi connectivity index (χ0) is 21.0. The molecule has 0 aromatic heterocycles. The highest BCUT2D eigenvalue weighted by Gasteiger charge is 2.19. The normalized spacial score (nSPS) is 15.3. The Hall–Kier alpha value is -2.20. The van der Waals surface area contributed by atoms with E-state index in [1.54, 1.807) is 6.26 Å². The SMILES string of the molecule is Cc1ccc2c(c1)C=C(C(=O)Cc1ccc(S(C)=O)cc1)CCCN2CC(C)C. The van der Waals surface area contributed by atoms with Crippen molar-refractivity contribution in [3.8, 4) is 0 Å². The van der Waals surface area contributed by atoms with Crippen LogP contribution < -0.4 is 4.90 Å². The summed E-state index contributed by atoms with van der Waals surface area (Å²) in [6.07, 6.45) is 5.94. The van der Waals surface area contributed by atoms with E-state index in [4.69, 9.17) is 0 Å². The van der Waals surface area contributed by atoms with Gasteiger partial charge in [-0.3, -0.25) is 9.00 Å². The van der Waals surface area contributed by atoms with Crippen molar-refractivity contribution in [3.05, 3.63) is 64.7 Å². The van der Waals surface area contributed by atoms with Crippen LogP contribution in [0.15, 0.2) is 52.9 Å². The molecular formula is C25H31NO2S. The van der Waals surface area contributed by atoms with E-state index in [1.165, 1.54) is 11.3 Å². The van der Waals surface area contributed by atoms with Gasteiger partial charge < -0.3 is 4.90 Å². The van der Waals surface area contributed by atoms with Crippen LogP contribution >= 0.6 is 0 Å². The maximum atomic E-state index is 13.1. The van der Waals surface area contributed by atoms with Gasteiger partial charge in [-0.2, -0.15) is 0 Å². The van der Waals surface area contributed by atoms with Crippen molar-refractivity contribution in [2.24, 2.45) is 5.92 Å². The van der Waals surface area contributed by atoms with Crippen LogP contribution in [0.2, 0.25) is 0 Å². The molecule has 1 aliphatic heterocycles. The van der Waals surface area contributed by atoms with Gasteiger partial charge in [0.25, 0.3) is 0 Å². The second kappa shape index (κ2) is 9.53. The van der Waals surface area contributed by atoms with Crippen LogP contribution in [0.4, 0.5) is 5.69 Å². The number of allylic oxidation sites excluding steroid dienone is 1. The van der Waals surface area contributed by atoms with Crippen LogP contribution in [0.25, 0.3) is 6.08 Å². The van der Waals surface area contributed by atoms with Crippen molar-refractivity contribution >= 4 is 28.3 Å². The third-order valence-electron chi connectivity index (χ3n) is 5.29. The summed E-state index contributed by atoms with van der Waals surface area (Å²) in [5.74, 6) is 0.772. The van der Waals surface area contributed by atoms with Gasteiger partial charge in [0, 0.05) is 47.1 Å². The molecule has 0 saturated carbocycles. The zero-order valence-electron chi connectivity index (χ0n) is 17.9. The van der Waals surface area contributed by atoms with Crippen molar-refractivity contribution in [1.82, 2.24) is 0 Å². The van der Waals surface area contributed by atoms with E-state index in [1.807, 2.05) is 24.3 Å². The third kappa shape index (κ3) is 5.66. The number of Topliss-reactive ketones (excluding diaryl/α,β-unsaturated/α-hetero) is 1. The lowest BCUT2D eigenvalue weighted by Crippen LogP contribution is -2.30. The fourth-order valence-corrected chi connectivity index (χ4v) is 4.39. The molecule has 1 atom stereocenters. The number of benzene rings is 2. The molecule has 4 heteroatoms. The van der Waals surface area contributed by atoms with Gasteiger partial charge in [0.2, 0.25) is 0 Å². The van der Waals surface area contributed by atoms with E-state index in [0.717, 1.165) is 47.5 Å². The number of ketones is 1. The number of rotatable bonds is 6. The van der Waals surface area contributed by atoms with Crippen LogP contribution in [-0.4, -0.2) is 29.3 Å². The van der Waals surface area contributed by atoms with E-state index in [0.29, 0.717) is 12.3 Å². The van der Waals surface area contributed by atoms with Gasteiger partial charge in [0.1, 0.15) is 0 Å². The minimum absolute atomic E-state index is 0.181. The summed E-state index contributed by atoms with van der Waals surface area (Å²) in [4.78, 5) is 16.3. The smallest absolute Gasteiger partial charge is 0.163 e. The number of nitrogens with zero attached hydrogens (tertiary/aromatic N) is 1. The predicted molar refractivity (Wildman–Crippen MR) is 123 cm³/mol. The Labute approximate surface area is 177 Å². The molecule has 0 fully saturated rings. The highest BCUT2D eigenvalue weighted by Crippen LogP contribution is 2.29. The van der Waals surface area contributed by atoms with Crippen molar-refractivity contribution in [2.75, 3.05) is 24.2 Å². The minimum Gasteiger partial charge on any atom is -0.371 e. The third-order valence-corrected chi connectivity index (χ3v) is 6.23. The fourth-order valence-electron chi connectivity index (χ4n) is 3.87. The van der Waals surface area contributed by atoms with E-state index in [-0.39, 0.29) is 5.78 Å². The van der Waals surface area contributed by atoms with Gasteiger partial charge in [-0.25, -0.2) is 0 Å². The molecule has 1 unspecified atom stereocenters. The summed E-state index contributed by atoms with van der Waals surface area (Å²) in [7, 11) is -0.994. The molecule has 0 saturated heterocycles. The molecule has 0 aliphatic carbocycles. The molecule has 0 amide bonds. The maximum Gasteiger partial charge on any atom is 0.163 e. The van der Waals surface area contributed by atoms with Crippen LogP contribution in [0.3, 0.4) is 0 Å². The lowest BCUT2D eigenvalue weighted by molar-refractivity contribution is -0.115. The number of carbonyl (C=O) groups excluding carboxylic acids is 1. The Morgan fingerprint density at radius 1 is 1.14 bits per heavy atom. The van der Waals surface area contributed by atoms with Gasteiger partial charge in [0.15, 0.2) is 5.78 Å². The summed E-state index contributed by atoms with van der Waals surface area (Å²) in [5, 5.41) is 0. The lowest BCUT2D eigenvalue weighted by atomic mass is 9.94. The standard InChI is InChI=1S/C25H31NO2S/c1-18(2)17-26-13-5-6-21(16-22-14-19(3)7-12-24(22)26)25(27)15-20-8-10-23(11-9-20)29(4)28/h7-12,14,16,18H,5-6,13,15,17H2,1-4H3. The van der Waals surface area contributed by atoms with Gasteiger partial charge in [0.05, 0.1) is 0 Å². The molecule has 3 nitrogen and oxygen atoms in total. The van der Waals surface area contributed by atoms with Crippen molar-refractivity contribution < 1.29 is 9.00 Å². The molecule has 0 bridgehead atoms. The maximum absolute atomic E-state index is 13.1. The van der Waals surface area contributed by atoms with E-state index >= 15 is 0 Å². The van der Waals surface area contributed by atoms with Crippen LogP contribution in [0.1, 0.15) is 43.4 Å². The summed E-state index contributed by atoms with van der Waals surface area (Å²) in [5.41, 5.74) is 5.46. The largest absolute Gasteiger partial charge is 0.371 e. The molecule has 2 aromatic rings. The average molecular weight is 410 g/mol. The Morgan fingerprint density at radius 2 is 1.86 bits per heavy atom. The number of hydrogen-bond donors (Lipinski definition) is 0. The summed E-state index contributed by atoms with van der Waals surface area (Å²) >= 11 is 0. The van der Waals surface area contributed by atoms with Gasteiger partial charge >= 0.3 is 0 Å². The molecule has 0 radical (unpaired) electrons.